The van der Waals surface area contributed by atoms with E-state index in [1.54, 1.807) is 11.3 Å². The first-order valence-electron chi connectivity index (χ1n) is 6.51. The fourth-order valence-corrected chi connectivity index (χ4v) is 3.23. The van der Waals surface area contributed by atoms with Gasteiger partial charge in [0.05, 0.1) is 5.92 Å². The van der Waals surface area contributed by atoms with Crippen molar-refractivity contribution in [2.24, 2.45) is 0 Å². The Morgan fingerprint density at radius 3 is 2.47 bits per heavy atom. The molecule has 0 spiro atoms. The molecule has 1 aromatic carbocycles. The number of carbonyl (C=O) groups is 1. The van der Waals surface area contributed by atoms with E-state index in [1.165, 1.54) is 5.56 Å². The Morgan fingerprint density at radius 1 is 1.21 bits per heavy atom. The van der Waals surface area contributed by atoms with Crippen molar-refractivity contribution in [1.82, 2.24) is 0 Å². The van der Waals surface area contributed by atoms with Crippen LogP contribution in [0.2, 0.25) is 0 Å². The monoisotopic (exact) mass is 274 g/mol. The average Bonchev–Trinajstić information content (AvgIpc) is 2.85. The first kappa shape index (κ1) is 13.8. The maximum atomic E-state index is 11.3. The fraction of sp³-hybridized carbons (Fsp3) is 0.312. The second-order valence-corrected chi connectivity index (χ2v) is 5.86. The number of benzene rings is 1. The molecule has 2 rings (SSSR count). The van der Waals surface area contributed by atoms with E-state index in [-0.39, 0.29) is 5.92 Å². The molecule has 0 amide bonds. The lowest BCUT2D eigenvalue weighted by Crippen LogP contribution is -2.09. The number of carboxylic acid groups (broad SMARTS) is 1. The molecule has 19 heavy (non-hydrogen) atoms. The number of hydrogen-bond acceptors (Lipinski definition) is 2. The van der Waals surface area contributed by atoms with Crippen LogP contribution < -0.4 is 0 Å². The smallest absolute Gasteiger partial charge is 0.311 e. The fourth-order valence-electron chi connectivity index (χ4n) is 2.09. The van der Waals surface area contributed by atoms with E-state index in [2.05, 4.69) is 31.2 Å². The summed E-state index contributed by atoms with van der Waals surface area (Å²) in [5.74, 6) is -1.09. The van der Waals surface area contributed by atoms with Crippen molar-refractivity contribution < 1.29 is 9.90 Å². The van der Waals surface area contributed by atoms with Crippen LogP contribution in [0.3, 0.4) is 0 Å². The predicted molar refractivity (Wildman–Crippen MR) is 79.8 cm³/mol. The highest BCUT2D eigenvalue weighted by molar-refractivity contribution is 7.15. The van der Waals surface area contributed by atoms with Gasteiger partial charge in [-0.25, -0.2) is 0 Å². The summed E-state index contributed by atoms with van der Waals surface area (Å²) in [5.41, 5.74) is 2.39. The molecule has 3 heteroatoms. The largest absolute Gasteiger partial charge is 0.481 e. The number of carboxylic acids is 1. The summed E-state index contributed by atoms with van der Waals surface area (Å²) in [6.45, 7) is 4.08. The number of hydrogen-bond donors (Lipinski definition) is 1. The van der Waals surface area contributed by atoms with Crippen LogP contribution >= 0.6 is 11.3 Å². The lowest BCUT2D eigenvalue weighted by molar-refractivity contribution is -0.138. The van der Waals surface area contributed by atoms with Gasteiger partial charge in [-0.1, -0.05) is 43.2 Å². The number of rotatable bonds is 5. The molecular weight excluding hydrogens is 256 g/mol. The van der Waals surface area contributed by atoms with E-state index in [0.717, 1.165) is 21.7 Å². The Balaban J connectivity index is 2.27. The van der Waals surface area contributed by atoms with E-state index in [9.17, 15) is 9.90 Å². The molecule has 0 radical (unpaired) electrons. The molecule has 1 aromatic heterocycles. The van der Waals surface area contributed by atoms with Crippen molar-refractivity contribution in [3.63, 3.8) is 0 Å². The van der Waals surface area contributed by atoms with Crippen LogP contribution in [0, 0.1) is 6.92 Å². The van der Waals surface area contributed by atoms with E-state index < -0.39 is 5.97 Å². The van der Waals surface area contributed by atoms with Gasteiger partial charge in [0.15, 0.2) is 0 Å². The Labute approximate surface area is 117 Å². The summed E-state index contributed by atoms with van der Waals surface area (Å²) < 4.78 is 0. The van der Waals surface area contributed by atoms with Crippen LogP contribution in [0.5, 0.6) is 0 Å². The first-order valence-corrected chi connectivity index (χ1v) is 7.33. The van der Waals surface area contributed by atoms with Gasteiger partial charge in [-0.3, -0.25) is 4.79 Å². The van der Waals surface area contributed by atoms with Crippen LogP contribution in [0.1, 0.15) is 36.1 Å². The minimum Gasteiger partial charge on any atom is -0.481 e. The molecule has 0 saturated carbocycles. The van der Waals surface area contributed by atoms with Gasteiger partial charge in [0.25, 0.3) is 0 Å². The van der Waals surface area contributed by atoms with Gasteiger partial charge in [-0.05, 0) is 31.0 Å². The van der Waals surface area contributed by atoms with Gasteiger partial charge < -0.3 is 5.11 Å². The minimum absolute atomic E-state index is 0.366. The molecule has 1 heterocycles. The van der Waals surface area contributed by atoms with Crippen LogP contribution in [0.4, 0.5) is 0 Å². The van der Waals surface area contributed by atoms with Crippen LogP contribution in [0.15, 0.2) is 36.4 Å². The number of aliphatic carboxylic acids is 1. The lowest BCUT2D eigenvalue weighted by Gasteiger charge is -2.08. The highest BCUT2D eigenvalue weighted by Gasteiger charge is 2.20. The number of aryl methyl sites for hydroxylation is 1. The summed E-state index contributed by atoms with van der Waals surface area (Å²) in [7, 11) is 0. The third-order valence-corrected chi connectivity index (χ3v) is 4.43. The van der Waals surface area contributed by atoms with Crippen molar-refractivity contribution >= 4 is 17.3 Å². The Bertz CT molecular complexity index is 554. The Hall–Kier alpha value is -1.61. The molecule has 0 aliphatic carbocycles. The van der Waals surface area contributed by atoms with Crippen molar-refractivity contribution in [3.8, 4) is 10.4 Å². The molecule has 0 fully saturated rings. The van der Waals surface area contributed by atoms with Crippen LogP contribution in [-0.2, 0) is 4.79 Å². The molecule has 0 aliphatic rings. The van der Waals surface area contributed by atoms with Crippen molar-refractivity contribution in [1.29, 1.82) is 0 Å². The zero-order valence-corrected chi connectivity index (χ0v) is 12.0. The summed E-state index contributed by atoms with van der Waals surface area (Å²) in [6, 6.07) is 12.3. The van der Waals surface area contributed by atoms with E-state index in [4.69, 9.17) is 0 Å². The molecule has 0 aliphatic heterocycles. The minimum atomic E-state index is -0.723. The van der Waals surface area contributed by atoms with Crippen LogP contribution in [0.25, 0.3) is 10.4 Å². The zero-order chi connectivity index (χ0) is 13.8. The van der Waals surface area contributed by atoms with Gasteiger partial charge in [-0.2, -0.15) is 0 Å². The third-order valence-electron chi connectivity index (χ3n) is 3.18. The second-order valence-electron chi connectivity index (χ2n) is 4.75. The molecule has 0 bridgehead atoms. The van der Waals surface area contributed by atoms with Crippen molar-refractivity contribution in [3.05, 3.63) is 46.8 Å². The van der Waals surface area contributed by atoms with Gasteiger partial charge in [0.2, 0.25) is 0 Å². The number of thiophene rings is 1. The van der Waals surface area contributed by atoms with Crippen molar-refractivity contribution in [2.75, 3.05) is 0 Å². The molecule has 1 unspecified atom stereocenters. The molecule has 0 saturated heterocycles. The van der Waals surface area contributed by atoms with E-state index in [0.29, 0.717) is 6.42 Å². The summed E-state index contributed by atoms with van der Waals surface area (Å²) >= 11 is 1.59. The maximum Gasteiger partial charge on any atom is 0.311 e. The highest BCUT2D eigenvalue weighted by Crippen LogP contribution is 2.34. The molecule has 1 N–H and O–H groups in total. The van der Waals surface area contributed by atoms with Crippen LogP contribution in [-0.4, -0.2) is 11.1 Å². The first-order chi connectivity index (χ1) is 9.11. The summed E-state index contributed by atoms with van der Waals surface area (Å²) in [6.07, 6.45) is 1.58. The molecular formula is C16H18O2S. The topological polar surface area (TPSA) is 37.3 Å². The quantitative estimate of drug-likeness (QED) is 0.858. The van der Waals surface area contributed by atoms with E-state index in [1.807, 2.05) is 19.1 Å². The zero-order valence-electron chi connectivity index (χ0n) is 11.2. The SMILES string of the molecule is CCCC(C(=O)O)c1ccc(-c2ccc(C)cc2)s1. The average molecular weight is 274 g/mol. The lowest BCUT2D eigenvalue weighted by atomic mass is 10.0. The standard InChI is InChI=1S/C16H18O2S/c1-3-4-13(16(17)18)15-10-9-14(19-15)12-7-5-11(2)6-8-12/h5-10,13H,3-4H2,1-2H3,(H,17,18). The van der Waals surface area contributed by atoms with Gasteiger partial charge in [0.1, 0.15) is 0 Å². The van der Waals surface area contributed by atoms with Gasteiger partial charge >= 0.3 is 5.97 Å². The third kappa shape index (κ3) is 3.24. The van der Waals surface area contributed by atoms with Gasteiger partial charge in [0, 0.05) is 9.75 Å². The Morgan fingerprint density at radius 2 is 1.89 bits per heavy atom. The summed E-state index contributed by atoms with van der Waals surface area (Å²) in [4.78, 5) is 13.4. The molecule has 2 aromatic rings. The second kappa shape index (κ2) is 6.02. The Kier molecular flexibility index (Phi) is 4.38. The molecule has 1 atom stereocenters. The maximum absolute atomic E-state index is 11.3. The predicted octanol–water partition coefficient (Wildman–Crippen LogP) is 4.69. The highest BCUT2D eigenvalue weighted by atomic mass is 32.1. The molecule has 2 nitrogen and oxygen atoms in total. The van der Waals surface area contributed by atoms with E-state index >= 15 is 0 Å². The van der Waals surface area contributed by atoms with Crippen molar-refractivity contribution in [2.45, 2.75) is 32.6 Å². The summed E-state index contributed by atoms with van der Waals surface area (Å²) in [5, 5.41) is 9.28. The van der Waals surface area contributed by atoms with Gasteiger partial charge in [-0.15, -0.1) is 11.3 Å². The normalized spacial score (nSPS) is 12.3. The molecule has 100 valence electrons.